The molecule has 0 atom stereocenters. The number of halogens is 2. The van der Waals surface area contributed by atoms with Crippen molar-refractivity contribution in [2.45, 2.75) is 57.2 Å². The molecule has 9 heteroatoms. The van der Waals surface area contributed by atoms with Gasteiger partial charge in [-0.3, -0.25) is 4.79 Å². The molecule has 1 heterocycles. The number of oxime groups is 1. The Balaban J connectivity index is 1.81. The molecule has 0 saturated carbocycles. The van der Waals surface area contributed by atoms with Crippen molar-refractivity contribution in [3.05, 3.63) is 94.4 Å². The van der Waals surface area contributed by atoms with E-state index in [0.717, 1.165) is 27.1 Å². The number of hydrogen-bond acceptors (Lipinski definition) is 5. The number of rotatable bonds is 11. The van der Waals surface area contributed by atoms with Gasteiger partial charge in [0.05, 0.1) is 5.41 Å². The fraction of sp³-hybridized carbons (Fsp3) is 0.333. The molecule has 0 aliphatic rings. The Kier molecular flexibility index (Phi) is 9.58. The average Bonchev–Trinajstić information content (AvgIpc) is 3.17. The van der Waals surface area contributed by atoms with Gasteiger partial charge in [0.2, 0.25) is 0 Å². The zero-order valence-electron chi connectivity index (χ0n) is 24.7. The van der Waals surface area contributed by atoms with Crippen molar-refractivity contribution in [2.75, 3.05) is 13.7 Å². The van der Waals surface area contributed by atoms with E-state index in [9.17, 15) is 14.3 Å². The molecule has 1 N–H and O–H groups in total. The van der Waals surface area contributed by atoms with Crippen LogP contribution in [0.3, 0.4) is 0 Å². The van der Waals surface area contributed by atoms with E-state index in [0.29, 0.717) is 35.0 Å². The van der Waals surface area contributed by atoms with Crippen LogP contribution < -0.4 is 4.74 Å². The van der Waals surface area contributed by atoms with Gasteiger partial charge in [0.15, 0.2) is 0 Å². The van der Waals surface area contributed by atoms with Gasteiger partial charge in [0.1, 0.15) is 31.0 Å². The maximum Gasteiger partial charge on any atom is 0.309 e. The molecule has 4 rings (SSSR count). The Hall–Kier alpha value is -3.49. The van der Waals surface area contributed by atoms with E-state index in [1.807, 2.05) is 42.5 Å². The molecular formula is C33H36ClFN2O4S. The van der Waals surface area contributed by atoms with E-state index < -0.39 is 11.4 Å². The maximum absolute atomic E-state index is 13.5. The molecule has 0 spiro atoms. The summed E-state index contributed by atoms with van der Waals surface area (Å²) in [6, 6.07) is 19.6. The Morgan fingerprint density at radius 2 is 1.69 bits per heavy atom. The van der Waals surface area contributed by atoms with Crippen LogP contribution in [0.25, 0.3) is 10.9 Å². The number of carboxylic acids is 1. The highest BCUT2D eigenvalue weighted by Crippen LogP contribution is 2.44. The smallest absolute Gasteiger partial charge is 0.309 e. The number of hydrogen-bond donors (Lipinski definition) is 1. The van der Waals surface area contributed by atoms with Crippen LogP contribution >= 0.6 is 23.4 Å². The third-order valence-electron chi connectivity index (χ3n) is 6.70. The van der Waals surface area contributed by atoms with Crippen LogP contribution in [-0.2, 0) is 22.6 Å². The molecule has 222 valence electrons. The third kappa shape index (κ3) is 7.66. The van der Waals surface area contributed by atoms with Gasteiger partial charge in [0, 0.05) is 49.8 Å². The SMILES string of the molecule is CO/N=C(\COc1ccc2c(c1)c(SC(C)(C)C)c(CC(C)(C)C(=O)O)n2Cc1ccc(Cl)cc1)c1ccc(F)cc1. The van der Waals surface area contributed by atoms with E-state index in [2.05, 4.69) is 30.5 Å². The van der Waals surface area contributed by atoms with Crippen LogP contribution in [0, 0.1) is 11.2 Å². The molecule has 0 fully saturated rings. The fourth-order valence-corrected chi connectivity index (χ4v) is 5.87. The minimum Gasteiger partial charge on any atom is -0.487 e. The second kappa shape index (κ2) is 12.8. The summed E-state index contributed by atoms with van der Waals surface area (Å²) in [6.45, 7) is 10.6. The number of fused-ring (bicyclic) bond motifs is 1. The third-order valence-corrected chi connectivity index (χ3v) is 8.22. The van der Waals surface area contributed by atoms with Crippen LogP contribution in [0.5, 0.6) is 5.75 Å². The maximum atomic E-state index is 13.5. The summed E-state index contributed by atoms with van der Waals surface area (Å²) in [6.07, 6.45) is 0.342. The number of benzene rings is 3. The number of thioether (sulfide) groups is 1. The number of nitrogens with zero attached hydrogens (tertiary/aromatic N) is 2. The molecule has 6 nitrogen and oxygen atoms in total. The first-order valence-electron chi connectivity index (χ1n) is 13.6. The quantitative estimate of drug-likeness (QED) is 0.105. The second-order valence-electron chi connectivity index (χ2n) is 11.8. The summed E-state index contributed by atoms with van der Waals surface area (Å²) in [5.41, 5.74) is 3.21. The van der Waals surface area contributed by atoms with Crippen LogP contribution in [0.4, 0.5) is 4.39 Å². The van der Waals surface area contributed by atoms with Crippen molar-refractivity contribution in [1.82, 2.24) is 4.57 Å². The van der Waals surface area contributed by atoms with E-state index in [-0.39, 0.29) is 17.2 Å². The first kappa shape index (κ1) is 31.4. The van der Waals surface area contributed by atoms with Crippen molar-refractivity contribution in [2.24, 2.45) is 10.6 Å². The van der Waals surface area contributed by atoms with Crippen molar-refractivity contribution in [3.63, 3.8) is 0 Å². The zero-order chi connectivity index (χ0) is 30.7. The number of carbonyl (C=O) groups is 1. The molecule has 0 radical (unpaired) electrons. The van der Waals surface area contributed by atoms with Crippen LogP contribution in [0.15, 0.2) is 76.8 Å². The van der Waals surface area contributed by atoms with E-state index in [1.54, 1.807) is 37.7 Å². The Morgan fingerprint density at radius 1 is 1.02 bits per heavy atom. The molecular weight excluding hydrogens is 575 g/mol. The molecule has 0 aliphatic heterocycles. The van der Waals surface area contributed by atoms with Gasteiger partial charge in [-0.05, 0) is 74.0 Å². The normalized spacial score (nSPS) is 12.5. The largest absolute Gasteiger partial charge is 0.487 e. The molecule has 3 aromatic carbocycles. The lowest BCUT2D eigenvalue weighted by Crippen LogP contribution is -2.28. The molecule has 4 aromatic rings. The first-order chi connectivity index (χ1) is 19.8. The Bertz CT molecular complexity index is 1590. The monoisotopic (exact) mass is 610 g/mol. The van der Waals surface area contributed by atoms with E-state index in [4.69, 9.17) is 21.2 Å². The molecule has 42 heavy (non-hydrogen) atoms. The summed E-state index contributed by atoms with van der Waals surface area (Å²) >= 11 is 7.87. The summed E-state index contributed by atoms with van der Waals surface area (Å²) in [7, 11) is 1.45. The lowest BCUT2D eigenvalue weighted by molar-refractivity contribution is -0.146. The average molecular weight is 611 g/mol. The molecule has 0 unspecified atom stereocenters. The summed E-state index contributed by atoms with van der Waals surface area (Å²) in [5.74, 6) is -0.570. The summed E-state index contributed by atoms with van der Waals surface area (Å²) in [5, 5.41) is 15.8. The topological polar surface area (TPSA) is 73.1 Å². The first-order valence-corrected chi connectivity index (χ1v) is 14.8. The molecule has 0 amide bonds. The number of aromatic nitrogens is 1. The van der Waals surface area contributed by atoms with Gasteiger partial charge in [-0.2, -0.15) is 0 Å². The Labute approximate surface area is 255 Å². The van der Waals surface area contributed by atoms with Crippen molar-refractivity contribution >= 4 is 45.9 Å². The standard InChI is InChI=1S/C33H36ClFN2O4S/c1-32(2,3)42-30-26-17-25(41-20-27(36-40-6)22-9-13-24(35)14-10-22)15-16-28(26)37(19-21-7-11-23(34)12-8-21)29(30)18-33(4,5)31(38)39/h7-17H,18-20H2,1-6H3,(H,38,39)/b36-27+. The van der Waals surface area contributed by atoms with Crippen LogP contribution in [0.1, 0.15) is 51.4 Å². The molecule has 0 saturated heterocycles. The lowest BCUT2D eigenvalue weighted by Gasteiger charge is -2.24. The molecule has 1 aromatic heterocycles. The van der Waals surface area contributed by atoms with Gasteiger partial charge >= 0.3 is 5.97 Å². The molecule has 0 aliphatic carbocycles. The minimum atomic E-state index is -0.987. The summed E-state index contributed by atoms with van der Waals surface area (Å²) in [4.78, 5) is 18.3. The van der Waals surface area contributed by atoms with Gasteiger partial charge in [-0.15, -0.1) is 11.8 Å². The highest BCUT2D eigenvalue weighted by Gasteiger charge is 2.33. The number of carboxylic acid groups (broad SMARTS) is 1. The second-order valence-corrected chi connectivity index (χ2v) is 14.0. The van der Waals surface area contributed by atoms with Gasteiger partial charge in [-0.1, -0.05) is 49.7 Å². The van der Waals surface area contributed by atoms with Crippen molar-refractivity contribution < 1.29 is 23.9 Å². The molecule has 0 bridgehead atoms. The number of ether oxygens (including phenoxy) is 1. The number of aliphatic carboxylic acids is 1. The van der Waals surface area contributed by atoms with Crippen molar-refractivity contribution in [3.8, 4) is 5.75 Å². The Morgan fingerprint density at radius 3 is 2.29 bits per heavy atom. The van der Waals surface area contributed by atoms with Crippen LogP contribution in [0.2, 0.25) is 5.02 Å². The summed E-state index contributed by atoms with van der Waals surface area (Å²) < 4.78 is 21.7. The van der Waals surface area contributed by atoms with E-state index >= 15 is 0 Å². The lowest BCUT2D eigenvalue weighted by atomic mass is 9.88. The zero-order valence-corrected chi connectivity index (χ0v) is 26.3. The van der Waals surface area contributed by atoms with Gasteiger partial charge in [-0.25, -0.2) is 4.39 Å². The predicted molar refractivity (Wildman–Crippen MR) is 169 cm³/mol. The predicted octanol–water partition coefficient (Wildman–Crippen LogP) is 8.46. The van der Waals surface area contributed by atoms with Crippen molar-refractivity contribution in [1.29, 1.82) is 0 Å². The highest BCUT2D eigenvalue weighted by atomic mass is 35.5. The van der Waals surface area contributed by atoms with Gasteiger partial charge in [0.25, 0.3) is 0 Å². The minimum absolute atomic E-state index is 0.108. The van der Waals surface area contributed by atoms with Gasteiger partial charge < -0.3 is 19.2 Å². The van der Waals surface area contributed by atoms with Crippen LogP contribution in [-0.4, -0.2) is 39.8 Å². The van der Waals surface area contributed by atoms with E-state index in [1.165, 1.54) is 19.2 Å². The highest BCUT2D eigenvalue weighted by molar-refractivity contribution is 8.00. The fourth-order valence-electron chi connectivity index (χ4n) is 4.56.